The molecule has 1 aliphatic heterocycles. The molecule has 1 aliphatic rings. The molecular weight excluding hydrogens is 376 g/mol. The lowest BCUT2D eigenvalue weighted by Gasteiger charge is -2.25. The first kappa shape index (κ1) is 17.8. The van der Waals surface area contributed by atoms with Gasteiger partial charge in [-0.1, -0.05) is 30.3 Å². The summed E-state index contributed by atoms with van der Waals surface area (Å²) in [6.07, 6.45) is 0. The summed E-state index contributed by atoms with van der Waals surface area (Å²) in [4.78, 5) is 27.4. The van der Waals surface area contributed by atoms with Crippen molar-refractivity contribution in [2.75, 3.05) is 16.0 Å². The Morgan fingerprint density at radius 1 is 1.11 bits per heavy atom. The van der Waals surface area contributed by atoms with Crippen LogP contribution < -0.4 is 10.2 Å². The topological polar surface area (TPSA) is 49.4 Å². The van der Waals surface area contributed by atoms with Crippen LogP contribution in [0.25, 0.3) is 0 Å². The molecule has 0 spiro atoms. The molecule has 1 aromatic heterocycles. The summed E-state index contributed by atoms with van der Waals surface area (Å²) >= 11 is 3.01. The summed E-state index contributed by atoms with van der Waals surface area (Å²) in [5.74, 6) is 0.432. The lowest BCUT2D eigenvalue weighted by molar-refractivity contribution is -0.115. The van der Waals surface area contributed by atoms with Gasteiger partial charge in [0.25, 0.3) is 5.91 Å². The molecule has 2 aromatic carbocycles. The molecule has 0 aliphatic carbocycles. The van der Waals surface area contributed by atoms with Gasteiger partial charge in [-0.25, -0.2) is 0 Å². The zero-order chi connectivity index (χ0) is 18.8. The summed E-state index contributed by atoms with van der Waals surface area (Å²) in [7, 11) is 0. The molecular formula is C21H18N2O2S2. The SMILES string of the molecule is Cc1cccc(N2C(=O)CS[C@H]2c2cccc(NC(=O)c3cccs3)c2)c1. The summed E-state index contributed by atoms with van der Waals surface area (Å²) in [6, 6.07) is 19.4. The molecule has 4 rings (SSSR count). The fraction of sp³-hybridized carbons (Fsp3) is 0.143. The molecule has 2 amide bonds. The van der Waals surface area contributed by atoms with E-state index in [1.807, 2.05) is 71.8 Å². The van der Waals surface area contributed by atoms with Crippen molar-refractivity contribution in [3.05, 3.63) is 82.0 Å². The predicted octanol–water partition coefficient (Wildman–Crippen LogP) is 5.09. The van der Waals surface area contributed by atoms with Crippen molar-refractivity contribution in [2.45, 2.75) is 12.3 Å². The number of thioether (sulfide) groups is 1. The van der Waals surface area contributed by atoms with Crippen molar-refractivity contribution in [3.8, 4) is 0 Å². The van der Waals surface area contributed by atoms with Crippen molar-refractivity contribution in [2.24, 2.45) is 0 Å². The Bertz CT molecular complexity index is 985. The molecule has 1 atom stereocenters. The third-order valence-electron chi connectivity index (χ3n) is 4.32. The highest BCUT2D eigenvalue weighted by Gasteiger charge is 2.34. The molecule has 0 bridgehead atoms. The number of rotatable bonds is 4. The highest BCUT2D eigenvalue weighted by Crippen LogP contribution is 2.42. The van der Waals surface area contributed by atoms with E-state index in [1.165, 1.54) is 11.3 Å². The number of hydrogen-bond acceptors (Lipinski definition) is 4. The van der Waals surface area contributed by atoms with Gasteiger partial charge in [-0.3, -0.25) is 14.5 Å². The molecule has 0 unspecified atom stereocenters. The molecule has 6 heteroatoms. The van der Waals surface area contributed by atoms with Crippen LogP contribution in [0.4, 0.5) is 11.4 Å². The second-order valence-electron chi connectivity index (χ2n) is 6.32. The molecule has 4 nitrogen and oxygen atoms in total. The number of carbonyl (C=O) groups is 2. The Kier molecular flexibility index (Phi) is 5.01. The molecule has 2 heterocycles. The summed E-state index contributed by atoms with van der Waals surface area (Å²) in [6.45, 7) is 2.02. The van der Waals surface area contributed by atoms with E-state index in [0.717, 1.165) is 22.5 Å². The zero-order valence-electron chi connectivity index (χ0n) is 14.7. The van der Waals surface area contributed by atoms with Gasteiger partial charge < -0.3 is 5.32 Å². The van der Waals surface area contributed by atoms with Crippen LogP contribution in [-0.4, -0.2) is 17.6 Å². The van der Waals surface area contributed by atoms with Gasteiger partial charge in [0.2, 0.25) is 5.91 Å². The van der Waals surface area contributed by atoms with Gasteiger partial charge in [-0.05, 0) is 53.8 Å². The van der Waals surface area contributed by atoms with Gasteiger partial charge in [-0.2, -0.15) is 0 Å². The van der Waals surface area contributed by atoms with Crippen molar-refractivity contribution < 1.29 is 9.59 Å². The number of anilines is 2. The minimum Gasteiger partial charge on any atom is -0.321 e. The van der Waals surface area contributed by atoms with Gasteiger partial charge in [-0.15, -0.1) is 23.1 Å². The Labute approximate surface area is 166 Å². The quantitative estimate of drug-likeness (QED) is 0.671. The van der Waals surface area contributed by atoms with Gasteiger partial charge in [0, 0.05) is 11.4 Å². The molecule has 1 fully saturated rings. The van der Waals surface area contributed by atoms with Crippen molar-refractivity contribution in [1.82, 2.24) is 0 Å². The number of thiophene rings is 1. The smallest absolute Gasteiger partial charge is 0.265 e. The maximum atomic E-state index is 12.5. The molecule has 0 saturated carbocycles. The van der Waals surface area contributed by atoms with E-state index in [0.29, 0.717) is 10.6 Å². The summed E-state index contributed by atoms with van der Waals surface area (Å²) in [5, 5.41) is 4.72. The van der Waals surface area contributed by atoms with Gasteiger partial charge in [0.15, 0.2) is 0 Å². The largest absolute Gasteiger partial charge is 0.321 e. The normalized spacial score (nSPS) is 16.6. The van der Waals surface area contributed by atoms with Crippen LogP contribution in [0.5, 0.6) is 0 Å². The van der Waals surface area contributed by atoms with Crippen LogP contribution in [0.3, 0.4) is 0 Å². The van der Waals surface area contributed by atoms with Crippen molar-refractivity contribution in [1.29, 1.82) is 0 Å². The molecule has 0 radical (unpaired) electrons. The Hall–Kier alpha value is -2.57. The fourth-order valence-electron chi connectivity index (χ4n) is 3.10. The van der Waals surface area contributed by atoms with Crippen molar-refractivity contribution >= 4 is 46.3 Å². The second kappa shape index (κ2) is 7.58. The Balaban J connectivity index is 1.60. The van der Waals surface area contributed by atoms with E-state index in [9.17, 15) is 9.59 Å². The second-order valence-corrected chi connectivity index (χ2v) is 8.34. The first-order valence-corrected chi connectivity index (χ1v) is 10.5. The van der Waals surface area contributed by atoms with Crippen LogP contribution in [0.2, 0.25) is 0 Å². The average molecular weight is 395 g/mol. The van der Waals surface area contributed by atoms with E-state index in [2.05, 4.69) is 5.32 Å². The lowest BCUT2D eigenvalue weighted by atomic mass is 10.1. The highest BCUT2D eigenvalue weighted by atomic mass is 32.2. The standard InChI is InChI=1S/C21H18N2O2S2/c1-14-5-2-8-17(11-14)23-19(24)13-27-21(23)15-6-3-7-16(12-15)22-20(25)18-9-4-10-26-18/h2-12,21H,13H2,1H3,(H,22,25)/t21-/m0/s1. The minimum atomic E-state index is -0.118. The molecule has 1 N–H and O–H groups in total. The van der Waals surface area contributed by atoms with E-state index in [1.54, 1.807) is 17.8 Å². The number of aryl methyl sites for hydroxylation is 1. The summed E-state index contributed by atoms with van der Waals surface area (Å²) < 4.78 is 0. The van der Waals surface area contributed by atoms with E-state index in [4.69, 9.17) is 0 Å². The average Bonchev–Trinajstić information content (AvgIpc) is 3.32. The minimum absolute atomic E-state index is 0.0992. The number of carbonyl (C=O) groups excluding carboxylic acids is 2. The molecule has 136 valence electrons. The zero-order valence-corrected chi connectivity index (χ0v) is 16.3. The monoisotopic (exact) mass is 394 g/mol. The number of hydrogen-bond donors (Lipinski definition) is 1. The van der Waals surface area contributed by atoms with Gasteiger partial charge in [0.05, 0.1) is 10.6 Å². The highest BCUT2D eigenvalue weighted by molar-refractivity contribution is 8.00. The first-order chi connectivity index (χ1) is 13.1. The van der Waals surface area contributed by atoms with E-state index in [-0.39, 0.29) is 17.2 Å². The number of amides is 2. The molecule has 27 heavy (non-hydrogen) atoms. The third kappa shape index (κ3) is 3.77. The first-order valence-electron chi connectivity index (χ1n) is 8.57. The fourth-order valence-corrected chi connectivity index (χ4v) is 4.88. The number of benzene rings is 2. The van der Waals surface area contributed by atoms with Crippen LogP contribution in [0, 0.1) is 6.92 Å². The van der Waals surface area contributed by atoms with Crippen LogP contribution >= 0.6 is 23.1 Å². The Morgan fingerprint density at radius 3 is 2.74 bits per heavy atom. The van der Waals surface area contributed by atoms with Gasteiger partial charge >= 0.3 is 0 Å². The maximum absolute atomic E-state index is 12.5. The summed E-state index contributed by atoms with van der Waals surface area (Å²) in [5.41, 5.74) is 3.75. The lowest BCUT2D eigenvalue weighted by Crippen LogP contribution is -2.27. The molecule has 1 saturated heterocycles. The van der Waals surface area contributed by atoms with Crippen molar-refractivity contribution in [3.63, 3.8) is 0 Å². The van der Waals surface area contributed by atoms with Crippen LogP contribution in [0.15, 0.2) is 66.0 Å². The van der Waals surface area contributed by atoms with E-state index < -0.39 is 0 Å². The van der Waals surface area contributed by atoms with E-state index >= 15 is 0 Å². The van der Waals surface area contributed by atoms with Gasteiger partial charge in [0.1, 0.15) is 5.37 Å². The molecule has 3 aromatic rings. The van der Waals surface area contributed by atoms with Crippen LogP contribution in [0.1, 0.15) is 26.2 Å². The maximum Gasteiger partial charge on any atom is 0.265 e. The number of nitrogens with zero attached hydrogens (tertiary/aromatic N) is 1. The third-order valence-corrected chi connectivity index (χ3v) is 6.40. The number of nitrogens with one attached hydrogen (secondary N) is 1. The Morgan fingerprint density at radius 2 is 1.96 bits per heavy atom. The van der Waals surface area contributed by atoms with Crippen LogP contribution in [-0.2, 0) is 4.79 Å². The predicted molar refractivity (Wildman–Crippen MR) is 113 cm³/mol.